The standard InChI is InChI=1S/C36H56N2O4/c1-3-5-7-9-11-13-15-16-18-20-22-29-24-26-30(27-25-29)37-38-35-33(41)28-32(40)34(36(35)42)31(39)23-21-19-17-14-12-10-8-6-4-2/h24-28,40-42H,3-23H2,1-2H3. The molecular weight excluding hydrogens is 524 g/mol. The summed E-state index contributed by atoms with van der Waals surface area (Å²) < 4.78 is 0. The molecule has 0 atom stereocenters. The largest absolute Gasteiger partial charge is 0.507 e. The first-order chi connectivity index (χ1) is 20.5. The van der Waals surface area contributed by atoms with Gasteiger partial charge in [0.2, 0.25) is 0 Å². The number of carbonyl (C=O) groups is 1. The third kappa shape index (κ3) is 13.8. The summed E-state index contributed by atoms with van der Waals surface area (Å²) in [6, 6.07) is 8.82. The molecule has 2 aromatic carbocycles. The molecule has 0 radical (unpaired) electrons. The summed E-state index contributed by atoms with van der Waals surface area (Å²) in [6.07, 6.45) is 24.6. The van der Waals surface area contributed by atoms with Gasteiger partial charge in [0, 0.05) is 12.5 Å². The van der Waals surface area contributed by atoms with Crippen molar-refractivity contribution in [3.63, 3.8) is 0 Å². The van der Waals surface area contributed by atoms with Gasteiger partial charge in [-0.3, -0.25) is 4.79 Å². The Morgan fingerprint density at radius 3 is 1.60 bits per heavy atom. The second-order valence-corrected chi connectivity index (χ2v) is 11.8. The Morgan fingerprint density at radius 1 is 0.595 bits per heavy atom. The van der Waals surface area contributed by atoms with Gasteiger partial charge in [-0.1, -0.05) is 135 Å². The van der Waals surface area contributed by atoms with Crippen LogP contribution in [0.25, 0.3) is 0 Å². The lowest BCUT2D eigenvalue weighted by Crippen LogP contribution is -2.00. The van der Waals surface area contributed by atoms with Crippen LogP contribution in [0.4, 0.5) is 11.4 Å². The topological polar surface area (TPSA) is 102 Å². The van der Waals surface area contributed by atoms with Gasteiger partial charge < -0.3 is 15.3 Å². The van der Waals surface area contributed by atoms with Crippen molar-refractivity contribution in [2.75, 3.05) is 0 Å². The summed E-state index contributed by atoms with van der Waals surface area (Å²) in [5, 5.41) is 39.5. The normalized spacial score (nSPS) is 11.5. The first kappa shape index (κ1) is 35.3. The third-order valence-electron chi connectivity index (χ3n) is 8.04. The van der Waals surface area contributed by atoms with Gasteiger partial charge in [0.1, 0.15) is 11.3 Å². The second kappa shape index (κ2) is 21.8. The maximum absolute atomic E-state index is 12.8. The van der Waals surface area contributed by atoms with Crippen LogP contribution < -0.4 is 0 Å². The van der Waals surface area contributed by atoms with Crippen molar-refractivity contribution in [2.24, 2.45) is 10.2 Å². The molecule has 0 aromatic heterocycles. The Kier molecular flexibility index (Phi) is 18.3. The van der Waals surface area contributed by atoms with Crippen molar-refractivity contribution >= 4 is 17.2 Å². The van der Waals surface area contributed by atoms with Crippen LogP contribution in [-0.2, 0) is 6.42 Å². The fourth-order valence-electron chi connectivity index (χ4n) is 5.38. The summed E-state index contributed by atoms with van der Waals surface area (Å²) in [6.45, 7) is 4.47. The minimum absolute atomic E-state index is 0.201. The number of ketones is 1. The van der Waals surface area contributed by atoms with Gasteiger partial charge in [-0.05, 0) is 37.0 Å². The number of aryl methyl sites for hydroxylation is 1. The summed E-state index contributed by atoms with van der Waals surface area (Å²) in [7, 11) is 0. The molecule has 42 heavy (non-hydrogen) atoms. The summed E-state index contributed by atoms with van der Waals surface area (Å²) in [5.41, 5.74) is 1.41. The second-order valence-electron chi connectivity index (χ2n) is 11.8. The number of rotatable bonds is 24. The average molecular weight is 581 g/mol. The molecule has 0 aliphatic rings. The van der Waals surface area contributed by atoms with Gasteiger partial charge >= 0.3 is 0 Å². The molecule has 0 unspecified atom stereocenters. The Balaban J connectivity index is 1.79. The molecule has 0 aliphatic carbocycles. The fourth-order valence-corrected chi connectivity index (χ4v) is 5.38. The number of hydrogen-bond donors (Lipinski definition) is 3. The molecule has 2 rings (SSSR count). The lowest BCUT2D eigenvalue weighted by molar-refractivity contribution is 0.0973. The molecule has 6 nitrogen and oxygen atoms in total. The lowest BCUT2D eigenvalue weighted by atomic mass is 10.0. The Labute approximate surface area is 254 Å². The van der Waals surface area contributed by atoms with E-state index in [0.29, 0.717) is 12.1 Å². The van der Waals surface area contributed by atoms with Crippen LogP contribution in [0.5, 0.6) is 17.2 Å². The number of unbranched alkanes of at least 4 members (excludes halogenated alkanes) is 17. The molecular formula is C36H56N2O4. The molecule has 0 amide bonds. The Bertz CT molecular complexity index is 1050. The number of Topliss-reactive ketones (excluding diaryl/α,β-unsaturated/α-hetero) is 1. The predicted octanol–water partition coefficient (Wildman–Crippen LogP) is 11.8. The number of nitrogens with zero attached hydrogens (tertiary/aromatic N) is 2. The van der Waals surface area contributed by atoms with Gasteiger partial charge in [-0.25, -0.2) is 0 Å². The zero-order valence-corrected chi connectivity index (χ0v) is 26.4. The Morgan fingerprint density at radius 2 is 1.07 bits per heavy atom. The molecule has 3 N–H and O–H groups in total. The predicted molar refractivity (Wildman–Crippen MR) is 174 cm³/mol. The monoisotopic (exact) mass is 580 g/mol. The van der Waals surface area contributed by atoms with Crippen LogP contribution in [-0.4, -0.2) is 21.1 Å². The van der Waals surface area contributed by atoms with Crippen LogP contribution >= 0.6 is 0 Å². The third-order valence-corrected chi connectivity index (χ3v) is 8.04. The number of phenols is 3. The minimum Gasteiger partial charge on any atom is -0.507 e. The van der Waals surface area contributed by atoms with E-state index in [1.54, 1.807) is 0 Å². The van der Waals surface area contributed by atoms with Crippen molar-refractivity contribution in [3.05, 3.63) is 41.5 Å². The number of aromatic hydroxyl groups is 3. The fraction of sp³-hybridized carbons (Fsp3) is 0.639. The summed E-state index contributed by atoms with van der Waals surface area (Å²) in [5.74, 6) is -1.76. The molecule has 0 saturated heterocycles. The zero-order valence-electron chi connectivity index (χ0n) is 26.4. The highest BCUT2D eigenvalue weighted by Crippen LogP contribution is 2.44. The smallest absolute Gasteiger partial charge is 0.170 e. The van der Waals surface area contributed by atoms with E-state index in [2.05, 4.69) is 24.1 Å². The van der Waals surface area contributed by atoms with E-state index in [1.165, 1.54) is 108 Å². The molecule has 0 saturated carbocycles. The molecule has 234 valence electrons. The van der Waals surface area contributed by atoms with Crippen LogP contribution in [0.2, 0.25) is 0 Å². The van der Waals surface area contributed by atoms with Crippen molar-refractivity contribution in [1.82, 2.24) is 0 Å². The van der Waals surface area contributed by atoms with E-state index in [-0.39, 0.29) is 23.5 Å². The first-order valence-corrected chi connectivity index (χ1v) is 16.8. The maximum Gasteiger partial charge on any atom is 0.170 e. The van der Waals surface area contributed by atoms with E-state index in [9.17, 15) is 20.1 Å². The lowest BCUT2D eigenvalue weighted by Gasteiger charge is -2.10. The SMILES string of the molecule is CCCCCCCCCCCCc1ccc(N=Nc2c(O)cc(O)c(C(=O)CCCCCCCCCCC)c2O)cc1. The minimum atomic E-state index is -0.533. The zero-order chi connectivity index (χ0) is 30.4. The van der Waals surface area contributed by atoms with E-state index in [0.717, 1.165) is 25.3 Å². The van der Waals surface area contributed by atoms with E-state index in [1.807, 2.05) is 24.3 Å². The van der Waals surface area contributed by atoms with Gasteiger partial charge in [0.15, 0.2) is 23.0 Å². The highest BCUT2D eigenvalue weighted by Gasteiger charge is 2.22. The van der Waals surface area contributed by atoms with Gasteiger partial charge in [-0.15, -0.1) is 5.11 Å². The maximum atomic E-state index is 12.8. The molecule has 0 spiro atoms. The number of hydrogen-bond acceptors (Lipinski definition) is 6. The van der Waals surface area contributed by atoms with Crippen molar-refractivity contribution in [1.29, 1.82) is 0 Å². The van der Waals surface area contributed by atoms with Gasteiger partial charge in [-0.2, -0.15) is 5.11 Å². The molecule has 0 heterocycles. The highest BCUT2D eigenvalue weighted by molar-refractivity contribution is 6.03. The van der Waals surface area contributed by atoms with Gasteiger partial charge in [0.05, 0.1) is 5.69 Å². The highest BCUT2D eigenvalue weighted by atomic mass is 16.3. The average Bonchev–Trinajstić information content (AvgIpc) is 2.97. The number of azo groups is 1. The van der Waals surface area contributed by atoms with E-state index >= 15 is 0 Å². The first-order valence-electron chi connectivity index (χ1n) is 16.8. The molecule has 0 bridgehead atoms. The summed E-state index contributed by atoms with van der Waals surface area (Å²) >= 11 is 0. The van der Waals surface area contributed by atoms with Crippen molar-refractivity contribution in [2.45, 2.75) is 149 Å². The van der Waals surface area contributed by atoms with Gasteiger partial charge in [0.25, 0.3) is 0 Å². The Hall–Kier alpha value is -2.89. The summed E-state index contributed by atoms with van der Waals surface area (Å²) in [4.78, 5) is 12.8. The molecule has 0 aliphatic heterocycles. The van der Waals surface area contributed by atoms with E-state index < -0.39 is 17.2 Å². The van der Waals surface area contributed by atoms with Crippen molar-refractivity contribution in [3.8, 4) is 17.2 Å². The number of phenolic OH excluding ortho intramolecular Hbond substituents is 3. The van der Waals surface area contributed by atoms with Crippen LogP contribution in [0.3, 0.4) is 0 Å². The van der Waals surface area contributed by atoms with Crippen molar-refractivity contribution < 1.29 is 20.1 Å². The quantitative estimate of drug-likeness (QED) is 0.0652. The van der Waals surface area contributed by atoms with Crippen LogP contribution in [0.1, 0.15) is 158 Å². The molecule has 0 fully saturated rings. The van der Waals surface area contributed by atoms with Crippen LogP contribution in [0, 0.1) is 0 Å². The number of benzene rings is 2. The molecule has 6 heteroatoms. The van der Waals surface area contributed by atoms with Crippen LogP contribution in [0.15, 0.2) is 40.6 Å². The van der Waals surface area contributed by atoms with E-state index in [4.69, 9.17) is 0 Å². The molecule has 2 aromatic rings. The number of carbonyl (C=O) groups excluding carboxylic acids is 1.